The second kappa shape index (κ2) is 9.24. The highest BCUT2D eigenvalue weighted by Crippen LogP contribution is 2.34. The maximum atomic E-state index is 13.0. The lowest BCUT2D eigenvalue weighted by Gasteiger charge is -2.14. The van der Waals surface area contributed by atoms with Crippen molar-refractivity contribution >= 4 is 48.5 Å². The summed E-state index contributed by atoms with van der Waals surface area (Å²) in [5, 5.41) is -0.1000. The van der Waals surface area contributed by atoms with E-state index in [-0.39, 0.29) is 43.0 Å². The monoisotopic (exact) mass is 525 g/mol. The molecule has 0 bridgehead atoms. The number of hydrogen-bond donors (Lipinski definition) is 3. The summed E-state index contributed by atoms with van der Waals surface area (Å²) in [5.74, 6) is -1.10. The first-order valence-electron chi connectivity index (χ1n) is 8.98. The Kier molecular flexibility index (Phi) is 6.97. The second-order valence-corrected chi connectivity index (χ2v) is 10.3. The number of sulfonamides is 2. The molecule has 1 aromatic carbocycles. The van der Waals surface area contributed by atoms with E-state index in [1.54, 1.807) is 0 Å². The molecule has 3 aromatic rings. The fourth-order valence-corrected chi connectivity index (χ4v) is 5.58. The summed E-state index contributed by atoms with van der Waals surface area (Å²) in [6, 6.07) is 2.56. The van der Waals surface area contributed by atoms with Crippen molar-refractivity contribution in [3.05, 3.63) is 28.9 Å². The summed E-state index contributed by atoms with van der Waals surface area (Å²) in [5.41, 5.74) is -0.179. The fraction of sp³-hybridized carbons (Fsp3) is 0.294. The van der Waals surface area contributed by atoms with Gasteiger partial charge in [-0.05, 0) is 19.2 Å². The molecule has 0 saturated carbocycles. The van der Waals surface area contributed by atoms with Gasteiger partial charge in [-0.25, -0.2) is 35.1 Å². The van der Waals surface area contributed by atoms with Gasteiger partial charge < -0.3 is 14.5 Å². The number of fused-ring (bicyclic) bond motifs is 1. The van der Waals surface area contributed by atoms with Gasteiger partial charge in [0.15, 0.2) is 0 Å². The fourth-order valence-electron chi connectivity index (χ4n) is 3.04. The zero-order chi connectivity index (χ0) is 24.6. The van der Waals surface area contributed by atoms with Crippen molar-refractivity contribution in [1.82, 2.24) is 19.7 Å². The van der Waals surface area contributed by atoms with Crippen LogP contribution in [0.4, 0.5) is 14.7 Å². The van der Waals surface area contributed by atoms with Gasteiger partial charge in [-0.2, -0.15) is 9.97 Å². The average Bonchev–Trinajstić information content (AvgIpc) is 3.18. The highest BCUT2D eigenvalue weighted by atomic mass is 35.5. The van der Waals surface area contributed by atoms with Crippen LogP contribution in [0.25, 0.3) is 10.9 Å². The summed E-state index contributed by atoms with van der Waals surface area (Å²) in [6.45, 7) is 0. The van der Waals surface area contributed by atoms with Gasteiger partial charge in [0.05, 0.1) is 30.3 Å². The van der Waals surface area contributed by atoms with Gasteiger partial charge in [-0.1, -0.05) is 11.6 Å². The van der Waals surface area contributed by atoms with Crippen LogP contribution in [0.1, 0.15) is 5.56 Å². The normalized spacial score (nSPS) is 12.3. The molecule has 0 radical (unpaired) electrons. The van der Waals surface area contributed by atoms with Crippen LogP contribution in [0.3, 0.4) is 0 Å². The Bertz CT molecular complexity index is 1390. The number of ether oxygens (including phenoxy) is 2. The van der Waals surface area contributed by atoms with E-state index < -0.39 is 38.8 Å². The molecule has 0 amide bonds. The molecule has 3 N–H and O–H groups in total. The number of H-pyrrole nitrogens is 1. The smallest absolute Gasteiger partial charge is 0.266 e. The Hall–Kier alpha value is -2.75. The van der Waals surface area contributed by atoms with Crippen LogP contribution in [0, 0.1) is 0 Å². The van der Waals surface area contributed by atoms with Gasteiger partial charge in [0.25, 0.3) is 10.0 Å². The van der Waals surface area contributed by atoms with Crippen molar-refractivity contribution in [2.24, 2.45) is 0 Å². The number of nitrogens with zero attached hydrogens (tertiary/aromatic N) is 2. The third kappa shape index (κ3) is 4.80. The number of halogens is 3. The van der Waals surface area contributed by atoms with Crippen LogP contribution in [0.2, 0.25) is 5.02 Å². The number of hydrogen-bond acceptors (Lipinski definition) is 8. The number of aromatic nitrogens is 3. The van der Waals surface area contributed by atoms with E-state index >= 15 is 0 Å². The van der Waals surface area contributed by atoms with Gasteiger partial charge in [-0.15, -0.1) is 0 Å². The van der Waals surface area contributed by atoms with E-state index in [2.05, 4.69) is 24.4 Å². The van der Waals surface area contributed by atoms with Crippen LogP contribution < -0.4 is 18.9 Å². The minimum atomic E-state index is -4.39. The first-order chi connectivity index (χ1) is 15.4. The lowest BCUT2D eigenvalue weighted by atomic mass is 10.2. The molecule has 11 nitrogen and oxygen atoms in total. The number of aromatic amines is 1. The molecule has 0 atom stereocenters. The summed E-state index contributed by atoms with van der Waals surface area (Å²) in [4.78, 5) is 9.62. The molecule has 0 saturated heterocycles. The maximum absolute atomic E-state index is 13.0. The third-order valence-corrected chi connectivity index (χ3v) is 7.75. The zero-order valence-electron chi connectivity index (χ0n) is 17.3. The van der Waals surface area contributed by atoms with Crippen molar-refractivity contribution in [2.45, 2.75) is 22.6 Å². The van der Waals surface area contributed by atoms with Gasteiger partial charge in [0.2, 0.25) is 34.2 Å². The van der Waals surface area contributed by atoms with Crippen molar-refractivity contribution in [2.75, 3.05) is 26.0 Å². The topological polar surface area (TPSA) is 152 Å². The molecule has 0 aliphatic rings. The van der Waals surface area contributed by atoms with Crippen LogP contribution >= 0.6 is 11.6 Å². The summed E-state index contributed by atoms with van der Waals surface area (Å²) >= 11 is 6.03. The molecule has 2 aromatic heterocycles. The number of nitrogens with one attached hydrogen (secondary N) is 3. The van der Waals surface area contributed by atoms with Crippen LogP contribution in [-0.2, 0) is 26.5 Å². The number of rotatable bonds is 9. The molecule has 0 fully saturated rings. The largest absolute Gasteiger partial charge is 0.481 e. The van der Waals surface area contributed by atoms with Gasteiger partial charge in [0, 0.05) is 18.0 Å². The van der Waals surface area contributed by atoms with Crippen LogP contribution in [0.15, 0.2) is 28.1 Å². The molecule has 0 aliphatic carbocycles. The predicted octanol–water partition coefficient (Wildman–Crippen LogP) is 2.15. The molecule has 0 unspecified atom stereocenters. The summed E-state index contributed by atoms with van der Waals surface area (Å²) in [7, 11) is -4.89. The van der Waals surface area contributed by atoms with Gasteiger partial charge in [-0.3, -0.25) is 0 Å². The molecular formula is C17H18ClF2N5O6S2. The molecule has 0 aliphatic heterocycles. The standard InChI is InChI=1S/C17H18ClF2N5O6S2/c1-21-33(28,29)14-10(18)5-4-8-11(7-22-13(8)14)32(26,27)25-17-23-15(30-2)9(6-12(19)20)16(24-17)31-3/h4-5,7,12,21-22H,6H2,1-3H3,(H,23,24,25). The van der Waals surface area contributed by atoms with Crippen molar-refractivity contribution in [3.63, 3.8) is 0 Å². The van der Waals surface area contributed by atoms with Crippen molar-refractivity contribution in [3.8, 4) is 11.8 Å². The Morgan fingerprint density at radius 3 is 2.21 bits per heavy atom. The summed E-state index contributed by atoms with van der Waals surface area (Å²) < 4.78 is 90.8. The molecular weight excluding hydrogens is 508 g/mol. The van der Waals surface area contributed by atoms with E-state index in [9.17, 15) is 25.6 Å². The maximum Gasteiger partial charge on any atom is 0.266 e. The van der Waals surface area contributed by atoms with E-state index in [0.29, 0.717) is 0 Å². The number of anilines is 1. The Balaban J connectivity index is 2.10. The minimum absolute atomic E-state index is 0.0222. The second-order valence-electron chi connectivity index (χ2n) is 6.40. The van der Waals surface area contributed by atoms with Crippen LogP contribution in [-0.4, -0.2) is 59.5 Å². The highest BCUT2D eigenvalue weighted by molar-refractivity contribution is 7.93. The van der Waals surface area contributed by atoms with Crippen molar-refractivity contribution in [1.29, 1.82) is 0 Å². The quantitative estimate of drug-likeness (QED) is 0.384. The number of methoxy groups -OCH3 is 2. The van der Waals surface area contributed by atoms with E-state index in [4.69, 9.17) is 21.1 Å². The van der Waals surface area contributed by atoms with Gasteiger partial charge >= 0.3 is 0 Å². The minimum Gasteiger partial charge on any atom is -0.481 e. The number of alkyl halides is 2. The molecule has 3 rings (SSSR count). The predicted molar refractivity (Wildman–Crippen MR) is 115 cm³/mol. The van der Waals surface area contributed by atoms with Crippen molar-refractivity contribution < 1.29 is 35.1 Å². The Morgan fingerprint density at radius 1 is 1.09 bits per heavy atom. The molecule has 180 valence electrons. The third-order valence-electron chi connectivity index (χ3n) is 4.45. The first kappa shape index (κ1) is 24.9. The van der Waals surface area contributed by atoms with E-state index in [1.165, 1.54) is 33.4 Å². The zero-order valence-corrected chi connectivity index (χ0v) is 19.7. The lowest BCUT2D eigenvalue weighted by molar-refractivity contribution is 0.146. The highest BCUT2D eigenvalue weighted by Gasteiger charge is 2.28. The molecule has 16 heteroatoms. The SMILES string of the molecule is CNS(=O)(=O)c1c(Cl)ccc2c(S(=O)(=O)Nc3nc(OC)c(CC(F)F)c(OC)n3)c[nH]c12. The molecule has 33 heavy (non-hydrogen) atoms. The number of benzene rings is 1. The van der Waals surface area contributed by atoms with E-state index in [0.717, 1.165) is 6.20 Å². The first-order valence-corrected chi connectivity index (χ1v) is 12.3. The molecule has 2 heterocycles. The lowest BCUT2D eigenvalue weighted by Crippen LogP contribution is -2.19. The summed E-state index contributed by atoms with van der Waals surface area (Å²) in [6.07, 6.45) is -2.46. The van der Waals surface area contributed by atoms with Crippen LogP contribution in [0.5, 0.6) is 11.8 Å². The van der Waals surface area contributed by atoms with E-state index in [1.807, 2.05) is 0 Å². The Morgan fingerprint density at radius 2 is 1.70 bits per heavy atom. The Labute approximate surface area is 192 Å². The average molecular weight is 526 g/mol. The molecule has 0 spiro atoms. The van der Waals surface area contributed by atoms with Gasteiger partial charge in [0.1, 0.15) is 9.79 Å².